The first-order chi connectivity index (χ1) is 15.9. The summed E-state index contributed by atoms with van der Waals surface area (Å²) in [6.45, 7) is 1.57. The molecule has 0 atom stereocenters. The number of hydrogen-bond donors (Lipinski definition) is 5. The highest BCUT2D eigenvalue weighted by atomic mass is 16.4. The number of benzene rings is 2. The van der Waals surface area contributed by atoms with Crippen LogP contribution in [0.15, 0.2) is 59.5 Å². The smallest absolute Gasteiger partial charge is 0.322 e. The lowest BCUT2D eigenvalue weighted by Crippen LogP contribution is -2.13. The van der Waals surface area contributed by atoms with Crippen LogP contribution in [0.1, 0.15) is 27.3 Å². The van der Waals surface area contributed by atoms with Gasteiger partial charge >= 0.3 is 5.97 Å². The van der Waals surface area contributed by atoms with Gasteiger partial charge in [0.25, 0.3) is 11.5 Å². The monoisotopic (exact) mass is 445 g/mol. The number of H-pyrrole nitrogens is 2. The zero-order valence-electron chi connectivity index (χ0n) is 17.9. The van der Waals surface area contributed by atoms with Crippen molar-refractivity contribution in [2.24, 2.45) is 0 Å². The van der Waals surface area contributed by atoms with E-state index in [9.17, 15) is 14.4 Å². The van der Waals surface area contributed by atoms with Gasteiger partial charge in [0, 0.05) is 23.1 Å². The Morgan fingerprint density at radius 2 is 1.70 bits per heavy atom. The van der Waals surface area contributed by atoms with Crippen LogP contribution in [-0.4, -0.2) is 38.5 Å². The van der Waals surface area contributed by atoms with Gasteiger partial charge in [-0.2, -0.15) is 0 Å². The number of carboxylic acids is 1. The molecule has 1 amide bonds. The maximum atomic E-state index is 12.5. The number of amides is 1. The largest absolute Gasteiger partial charge is 0.480 e. The van der Waals surface area contributed by atoms with E-state index in [0.29, 0.717) is 46.6 Å². The molecular weight excluding hydrogens is 422 g/mol. The number of rotatable bonds is 8. The van der Waals surface area contributed by atoms with Crippen LogP contribution < -0.4 is 16.2 Å². The Balaban J connectivity index is 1.36. The van der Waals surface area contributed by atoms with Crippen LogP contribution in [0.3, 0.4) is 0 Å². The van der Waals surface area contributed by atoms with Crippen LogP contribution in [0.5, 0.6) is 0 Å². The first-order valence-electron chi connectivity index (χ1n) is 10.4. The zero-order valence-corrected chi connectivity index (χ0v) is 17.9. The van der Waals surface area contributed by atoms with Crippen molar-refractivity contribution in [3.05, 3.63) is 87.6 Å². The molecule has 0 bridgehead atoms. The molecule has 2 heterocycles. The van der Waals surface area contributed by atoms with E-state index >= 15 is 0 Å². The lowest BCUT2D eigenvalue weighted by atomic mass is 10.0. The number of fused-ring (bicyclic) bond motifs is 1. The quantitative estimate of drug-likeness (QED) is 0.282. The van der Waals surface area contributed by atoms with E-state index in [1.165, 1.54) is 0 Å². The first-order valence-corrected chi connectivity index (χ1v) is 10.4. The lowest BCUT2D eigenvalue weighted by molar-refractivity contribution is -0.134. The molecule has 4 aromatic rings. The highest BCUT2D eigenvalue weighted by molar-refractivity contribution is 6.04. The normalized spacial score (nSPS) is 10.8. The minimum atomic E-state index is -0.946. The molecule has 0 saturated carbocycles. The second-order valence-corrected chi connectivity index (χ2v) is 7.66. The third-order valence-electron chi connectivity index (χ3n) is 5.23. The highest BCUT2D eigenvalue weighted by Crippen LogP contribution is 2.17. The lowest BCUT2D eigenvalue weighted by Gasteiger charge is -2.08. The first kappa shape index (κ1) is 21.8. The van der Waals surface area contributed by atoms with Gasteiger partial charge in [0.05, 0.1) is 5.39 Å². The molecular formula is C24H23N5O4. The Kier molecular flexibility index (Phi) is 6.21. The fraction of sp³-hybridized carbons (Fsp3) is 0.167. The average Bonchev–Trinajstić information content (AvgIpc) is 3.20. The van der Waals surface area contributed by atoms with Gasteiger partial charge in [-0.1, -0.05) is 12.1 Å². The maximum Gasteiger partial charge on any atom is 0.322 e. The predicted octanol–water partition coefficient (Wildman–Crippen LogP) is 3.09. The van der Waals surface area contributed by atoms with Crippen molar-refractivity contribution in [3.63, 3.8) is 0 Å². The topological polar surface area (TPSA) is 140 Å². The molecule has 33 heavy (non-hydrogen) atoms. The number of carbonyl (C=O) groups excluding carboxylic acids is 1. The number of aromatic nitrogens is 3. The van der Waals surface area contributed by atoms with E-state index in [0.717, 1.165) is 11.1 Å². The van der Waals surface area contributed by atoms with E-state index < -0.39 is 5.97 Å². The van der Waals surface area contributed by atoms with Crippen LogP contribution in [0, 0.1) is 6.92 Å². The molecule has 168 valence electrons. The average molecular weight is 445 g/mol. The molecule has 9 nitrogen and oxygen atoms in total. The summed E-state index contributed by atoms with van der Waals surface area (Å²) in [4.78, 5) is 45.5. The number of hydrogen-bond acceptors (Lipinski definition) is 5. The summed E-state index contributed by atoms with van der Waals surface area (Å²) in [5, 5.41) is 14.9. The third-order valence-corrected chi connectivity index (χ3v) is 5.23. The van der Waals surface area contributed by atoms with Crippen molar-refractivity contribution in [2.75, 3.05) is 17.2 Å². The molecule has 0 aliphatic carbocycles. The van der Waals surface area contributed by atoms with E-state index in [1.807, 2.05) is 18.3 Å². The number of nitrogens with one attached hydrogen (secondary N) is 4. The molecule has 2 aromatic heterocycles. The van der Waals surface area contributed by atoms with Crippen LogP contribution in [0.4, 0.5) is 11.4 Å². The van der Waals surface area contributed by atoms with E-state index in [2.05, 4.69) is 25.6 Å². The van der Waals surface area contributed by atoms with Gasteiger partial charge in [-0.25, -0.2) is 4.98 Å². The van der Waals surface area contributed by atoms with Crippen LogP contribution in [0.25, 0.3) is 11.0 Å². The summed E-state index contributed by atoms with van der Waals surface area (Å²) in [5.74, 6) is -0.615. The second kappa shape index (κ2) is 9.39. The highest BCUT2D eigenvalue weighted by Gasteiger charge is 2.11. The second-order valence-electron chi connectivity index (χ2n) is 7.66. The van der Waals surface area contributed by atoms with Crippen molar-refractivity contribution in [1.29, 1.82) is 0 Å². The van der Waals surface area contributed by atoms with Gasteiger partial charge in [0.1, 0.15) is 18.0 Å². The molecule has 0 spiro atoms. The van der Waals surface area contributed by atoms with Crippen molar-refractivity contribution >= 4 is 34.3 Å². The van der Waals surface area contributed by atoms with Gasteiger partial charge in [0.2, 0.25) is 0 Å². The summed E-state index contributed by atoms with van der Waals surface area (Å²) in [5.41, 5.74) is 4.18. The molecule has 5 N–H and O–H groups in total. The van der Waals surface area contributed by atoms with Gasteiger partial charge in [-0.05, 0) is 67.3 Å². The summed E-state index contributed by atoms with van der Waals surface area (Å²) in [6, 6.07) is 14.1. The molecule has 0 fully saturated rings. The van der Waals surface area contributed by atoms with Crippen molar-refractivity contribution in [2.45, 2.75) is 19.8 Å². The Morgan fingerprint density at radius 1 is 1.00 bits per heavy atom. The zero-order chi connectivity index (χ0) is 23.4. The summed E-state index contributed by atoms with van der Waals surface area (Å²) < 4.78 is 0. The Labute approximate surface area is 188 Å². The number of anilines is 2. The summed E-state index contributed by atoms with van der Waals surface area (Å²) >= 11 is 0. The standard InChI is InChI=1S/C24H23N5O4/c1-14-27-22-21(24(33)28-14)17(12-26-22)7-4-15-2-5-16(6-3-15)23(32)29-19-10-8-18(9-11-19)25-13-20(30)31/h2-3,5-6,8-12,25H,4,7,13H2,1H3,(H,29,32)(H,30,31)(H2,26,27,28,33). The number of carboxylic acid groups (broad SMARTS) is 1. The van der Waals surface area contributed by atoms with Crippen LogP contribution >= 0.6 is 0 Å². The molecule has 0 saturated heterocycles. The fourth-order valence-electron chi connectivity index (χ4n) is 3.57. The Morgan fingerprint density at radius 3 is 2.39 bits per heavy atom. The van der Waals surface area contributed by atoms with Crippen molar-refractivity contribution in [1.82, 2.24) is 15.0 Å². The molecule has 0 aliphatic heterocycles. The molecule has 2 aromatic carbocycles. The molecule has 0 unspecified atom stereocenters. The van der Waals surface area contributed by atoms with Crippen LogP contribution in [0.2, 0.25) is 0 Å². The number of aryl methyl sites for hydroxylation is 3. The molecule has 0 radical (unpaired) electrons. The minimum absolute atomic E-state index is 0.147. The van der Waals surface area contributed by atoms with Gasteiger partial charge in [-0.3, -0.25) is 14.4 Å². The van der Waals surface area contributed by atoms with Crippen molar-refractivity contribution in [3.8, 4) is 0 Å². The third kappa shape index (κ3) is 5.27. The number of nitrogens with zero attached hydrogens (tertiary/aromatic N) is 1. The van der Waals surface area contributed by atoms with Gasteiger partial charge in [0.15, 0.2) is 0 Å². The van der Waals surface area contributed by atoms with E-state index in [-0.39, 0.29) is 18.0 Å². The molecule has 0 aliphatic rings. The summed E-state index contributed by atoms with van der Waals surface area (Å²) in [6.07, 6.45) is 3.20. The van der Waals surface area contributed by atoms with Gasteiger partial charge in [-0.15, -0.1) is 0 Å². The number of aromatic amines is 2. The Bertz CT molecular complexity index is 1350. The fourth-order valence-corrected chi connectivity index (χ4v) is 3.57. The number of aliphatic carboxylic acids is 1. The summed E-state index contributed by atoms with van der Waals surface area (Å²) in [7, 11) is 0. The molecule has 9 heteroatoms. The van der Waals surface area contributed by atoms with Crippen molar-refractivity contribution < 1.29 is 14.7 Å². The Hall–Kier alpha value is -4.40. The maximum absolute atomic E-state index is 12.5. The predicted molar refractivity (Wildman–Crippen MR) is 126 cm³/mol. The SMILES string of the molecule is Cc1nc2[nH]cc(CCc3ccc(C(=O)Nc4ccc(NCC(=O)O)cc4)cc3)c2c(=O)[nH]1. The van der Waals surface area contributed by atoms with E-state index in [1.54, 1.807) is 43.3 Å². The van der Waals surface area contributed by atoms with E-state index in [4.69, 9.17) is 5.11 Å². The van der Waals surface area contributed by atoms with Gasteiger partial charge < -0.3 is 25.7 Å². The number of carbonyl (C=O) groups is 2. The van der Waals surface area contributed by atoms with Crippen LogP contribution in [-0.2, 0) is 17.6 Å². The minimum Gasteiger partial charge on any atom is -0.480 e. The molecule has 4 rings (SSSR count).